The Morgan fingerprint density at radius 2 is 2.17 bits per heavy atom. The van der Waals surface area contributed by atoms with Crippen LogP contribution in [0.2, 0.25) is 0 Å². The first-order valence-corrected chi connectivity index (χ1v) is 4.63. The lowest BCUT2D eigenvalue weighted by molar-refractivity contribution is 1.30. The summed E-state index contributed by atoms with van der Waals surface area (Å²) in [6.07, 6.45) is 0. The van der Waals surface area contributed by atoms with Crippen molar-refractivity contribution in [3.63, 3.8) is 0 Å². The molecule has 3 heteroatoms. The van der Waals surface area contributed by atoms with Gasteiger partial charge in [0.1, 0.15) is 0 Å². The summed E-state index contributed by atoms with van der Waals surface area (Å²) in [5.74, 6) is 0. The van der Waals surface area contributed by atoms with Crippen molar-refractivity contribution >= 4 is 22.9 Å². The molecule has 0 aliphatic heterocycles. The van der Waals surface area contributed by atoms with Crippen molar-refractivity contribution in [2.75, 3.05) is 0 Å². The number of H-pyrrole nitrogens is 1. The van der Waals surface area contributed by atoms with E-state index in [4.69, 9.17) is 5.14 Å². The van der Waals surface area contributed by atoms with E-state index in [-0.39, 0.29) is 0 Å². The van der Waals surface area contributed by atoms with E-state index >= 15 is 0 Å². The molecule has 2 rings (SSSR count). The van der Waals surface area contributed by atoms with Gasteiger partial charge in [-0.1, -0.05) is 0 Å². The largest absolute Gasteiger partial charge is 0.359 e. The first kappa shape index (κ1) is 7.71. The first-order chi connectivity index (χ1) is 5.79. The molecular formula is C9H10N2S. The van der Waals surface area contributed by atoms with E-state index in [2.05, 4.69) is 30.1 Å². The topological polar surface area (TPSA) is 41.8 Å². The fourth-order valence-electron chi connectivity index (χ4n) is 1.33. The lowest BCUT2D eigenvalue weighted by Gasteiger charge is -1.94. The van der Waals surface area contributed by atoms with Crippen molar-refractivity contribution in [3.8, 4) is 0 Å². The maximum Gasteiger partial charge on any atom is 0.0456 e. The van der Waals surface area contributed by atoms with Crippen LogP contribution in [0.3, 0.4) is 0 Å². The number of hydrogen-bond donors (Lipinski definition) is 2. The number of aromatic nitrogens is 1. The zero-order chi connectivity index (χ0) is 8.55. The highest BCUT2D eigenvalue weighted by atomic mass is 32.2. The number of rotatable bonds is 1. The molecular weight excluding hydrogens is 168 g/mol. The zero-order valence-corrected chi connectivity index (χ0v) is 7.61. The van der Waals surface area contributed by atoms with Gasteiger partial charge in [0.2, 0.25) is 0 Å². The minimum absolute atomic E-state index is 1.10. The Hall–Kier alpha value is -0.930. The van der Waals surface area contributed by atoms with E-state index in [1.807, 2.05) is 6.07 Å². The molecule has 1 aromatic carbocycles. The fourth-order valence-corrected chi connectivity index (χ4v) is 1.67. The lowest BCUT2D eigenvalue weighted by atomic mass is 10.2. The minimum atomic E-state index is 1.10. The van der Waals surface area contributed by atoms with Crippen LogP contribution in [0.4, 0.5) is 0 Å². The van der Waals surface area contributed by atoms with E-state index in [1.54, 1.807) is 0 Å². The number of hydrogen-bond acceptors (Lipinski definition) is 2. The SMILES string of the molecule is Cc1cc2cc(SN)ccc2[nH]1. The Bertz CT molecular complexity index is 406. The maximum absolute atomic E-state index is 5.45. The summed E-state index contributed by atoms with van der Waals surface area (Å²) in [4.78, 5) is 4.36. The van der Waals surface area contributed by atoms with Crippen LogP contribution in [0.25, 0.3) is 10.9 Å². The molecule has 0 saturated carbocycles. The second-order valence-corrected chi connectivity index (χ2v) is 3.53. The van der Waals surface area contributed by atoms with Crippen molar-refractivity contribution in [1.82, 2.24) is 4.98 Å². The Labute approximate surface area is 75.3 Å². The molecule has 0 aliphatic carbocycles. The van der Waals surface area contributed by atoms with Gasteiger partial charge in [-0.2, -0.15) is 0 Å². The molecule has 3 N–H and O–H groups in total. The van der Waals surface area contributed by atoms with Crippen LogP contribution in [-0.2, 0) is 0 Å². The lowest BCUT2D eigenvalue weighted by Crippen LogP contribution is -1.78. The van der Waals surface area contributed by atoms with Crippen molar-refractivity contribution in [2.45, 2.75) is 11.8 Å². The zero-order valence-electron chi connectivity index (χ0n) is 6.79. The van der Waals surface area contributed by atoms with Gasteiger partial charge in [-0.05, 0) is 43.1 Å². The molecule has 1 heterocycles. The van der Waals surface area contributed by atoms with E-state index in [9.17, 15) is 0 Å². The summed E-state index contributed by atoms with van der Waals surface area (Å²) in [6.45, 7) is 2.05. The smallest absolute Gasteiger partial charge is 0.0456 e. The van der Waals surface area contributed by atoms with E-state index in [0.29, 0.717) is 0 Å². The highest BCUT2D eigenvalue weighted by Gasteiger charge is 1.97. The van der Waals surface area contributed by atoms with Crippen LogP contribution in [0.1, 0.15) is 5.69 Å². The molecule has 0 fully saturated rings. The predicted molar refractivity (Wildman–Crippen MR) is 53.1 cm³/mol. The molecule has 0 atom stereocenters. The van der Waals surface area contributed by atoms with E-state index in [1.165, 1.54) is 28.5 Å². The van der Waals surface area contributed by atoms with Crippen LogP contribution in [0, 0.1) is 6.92 Å². The molecule has 0 radical (unpaired) electrons. The van der Waals surface area contributed by atoms with E-state index in [0.717, 1.165) is 4.90 Å². The monoisotopic (exact) mass is 178 g/mol. The van der Waals surface area contributed by atoms with Crippen LogP contribution in [0.15, 0.2) is 29.2 Å². The van der Waals surface area contributed by atoms with Crippen LogP contribution < -0.4 is 5.14 Å². The second-order valence-electron chi connectivity index (χ2n) is 2.82. The quantitative estimate of drug-likeness (QED) is 0.658. The molecule has 0 spiro atoms. The molecule has 0 unspecified atom stereocenters. The van der Waals surface area contributed by atoms with Crippen molar-refractivity contribution < 1.29 is 0 Å². The Kier molecular flexibility index (Phi) is 1.83. The number of fused-ring (bicyclic) bond motifs is 1. The molecule has 0 aliphatic rings. The third-order valence-electron chi connectivity index (χ3n) is 1.86. The summed E-state index contributed by atoms with van der Waals surface area (Å²) in [5.41, 5.74) is 2.36. The first-order valence-electron chi connectivity index (χ1n) is 3.76. The highest BCUT2D eigenvalue weighted by molar-refractivity contribution is 7.97. The average Bonchev–Trinajstić information content (AvgIpc) is 2.43. The standard InChI is InChI=1S/C9H10N2S/c1-6-4-7-5-8(12-10)2-3-9(7)11-6/h2-5,11H,10H2,1H3. The van der Waals surface area contributed by atoms with Gasteiger partial charge in [0.15, 0.2) is 0 Å². The Morgan fingerprint density at radius 3 is 2.92 bits per heavy atom. The molecule has 0 amide bonds. The molecule has 1 aromatic heterocycles. The maximum atomic E-state index is 5.45. The molecule has 12 heavy (non-hydrogen) atoms. The fraction of sp³-hybridized carbons (Fsp3) is 0.111. The van der Waals surface area contributed by atoms with Crippen molar-refractivity contribution in [1.29, 1.82) is 0 Å². The summed E-state index contributed by atoms with van der Waals surface area (Å²) < 4.78 is 0. The molecule has 0 bridgehead atoms. The summed E-state index contributed by atoms with van der Waals surface area (Å²) in [5, 5.41) is 6.68. The minimum Gasteiger partial charge on any atom is -0.359 e. The molecule has 0 saturated heterocycles. The number of aromatic amines is 1. The number of nitrogens with two attached hydrogens (primary N) is 1. The summed E-state index contributed by atoms with van der Waals surface area (Å²) in [7, 11) is 0. The predicted octanol–water partition coefficient (Wildman–Crippen LogP) is 2.44. The average molecular weight is 178 g/mol. The van der Waals surface area contributed by atoms with Gasteiger partial charge in [-0.25, -0.2) is 0 Å². The normalized spacial score (nSPS) is 10.8. The van der Waals surface area contributed by atoms with Gasteiger partial charge >= 0.3 is 0 Å². The Morgan fingerprint density at radius 1 is 1.33 bits per heavy atom. The molecule has 62 valence electrons. The second kappa shape index (κ2) is 2.84. The number of aryl methyl sites for hydroxylation is 1. The summed E-state index contributed by atoms with van der Waals surface area (Å²) >= 11 is 1.28. The van der Waals surface area contributed by atoms with Gasteiger partial charge < -0.3 is 4.98 Å². The Balaban J connectivity index is 2.66. The van der Waals surface area contributed by atoms with Gasteiger partial charge in [0, 0.05) is 21.5 Å². The van der Waals surface area contributed by atoms with Crippen LogP contribution >= 0.6 is 11.9 Å². The highest BCUT2D eigenvalue weighted by Crippen LogP contribution is 2.20. The van der Waals surface area contributed by atoms with Crippen LogP contribution in [-0.4, -0.2) is 4.98 Å². The molecule has 2 nitrogen and oxygen atoms in total. The number of nitrogens with one attached hydrogen (secondary N) is 1. The third-order valence-corrected chi connectivity index (χ3v) is 2.39. The van der Waals surface area contributed by atoms with Gasteiger partial charge in [0.05, 0.1) is 0 Å². The van der Waals surface area contributed by atoms with Gasteiger partial charge in [-0.3, -0.25) is 5.14 Å². The number of benzene rings is 1. The van der Waals surface area contributed by atoms with Gasteiger partial charge in [0.25, 0.3) is 0 Å². The van der Waals surface area contributed by atoms with Crippen molar-refractivity contribution in [2.24, 2.45) is 5.14 Å². The third kappa shape index (κ3) is 1.21. The van der Waals surface area contributed by atoms with E-state index < -0.39 is 0 Å². The van der Waals surface area contributed by atoms with Crippen LogP contribution in [0.5, 0.6) is 0 Å². The summed E-state index contributed by atoms with van der Waals surface area (Å²) in [6, 6.07) is 8.28. The van der Waals surface area contributed by atoms with Gasteiger partial charge in [-0.15, -0.1) is 0 Å². The molecule has 2 aromatic rings. The van der Waals surface area contributed by atoms with Crippen molar-refractivity contribution in [3.05, 3.63) is 30.0 Å².